The highest BCUT2D eigenvalue weighted by Gasteiger charge is 2.15. The van der Waals surface area contributed by atoms with Crippen LogP contribution in [0.4, 0.5) is 0 Å². The molecule has 2 aromatic rings. The number of benzene rings is 1. The Morgan fingerprint density at radius 2 is 1.96 bits per heavy atom. The van der Waals surface area contributed by atoms with Crippen molar-refractivity contribution in [1.29, 1.82) is 0 Å². The van der Waals surface area contributed by atoms with Gasteiger partial charge in [-0.05, 0) is 32.9 Å². The molecule has 0 radical (unpaired) electrons. The Balaban J connectivity index is 1.90. The van der Waals surface area contributed by atoms with Crippen LogP contribution < -0.4 is 4.74 Å². The molecule has 0 bridgehead atoms. The van der Waals surface area contributed by atoms with E-state index in [2.05, 4.69) is 26.2 Å². The van der Waals surface area contributed by atoms with Gasteiger partial charge in [-0.3, -0.25) is 0 Å². The Kier molecular flexibility index (Phi) is 7.01. The molecule has 0 aliphatic heterocycles. The lowest BCUT2D eigenvalue weighted by Gasteiger charge is -2.13. The second-order valence-electron chi connectivity index (χ2n) is 4.86. The Morgan fingerprint density at radius 3 is 2.65 bits per heavy atom. The van der Waals surface area contributed by atoms with Gasteiger partial charge in [0.1, 0.15) is 18.1 Å². The van der Waals surface area contributed by atoms with Crippen LogP contribution in [0.3, 0.4) is 0 Å². The van der Waals surface area contributed by atoms with E-state index >= 15 is 0 Å². The second kappa shape index (κ2) is 9.00. The van der Waals surface area contributed by atoms with Crippen molar-refractivity contribution in [2.24, 2.45) is 0 Å². The lowest BCUT2D eigenvalue weighted by atomic mass is 10.2. The van der Waals surface area contributed by atoms with E-state index < -0.39 is 6.29 Å². The molecule has 1 aromatic heterocycles. The molecule has 0 aliphatic carbocycles. The van der Waals surface area contributed by atoms with Crippen molar-refractivity contribution >= 4 is 15.9 Å². The number of hydrogen-bond acceptors (Lipinski definition) is 5. The number of rotatable bonds is 9. The van der Waals surface area contributed by atoms with Gasteiger partial charge in [0.15, 0.2) is 0 Å². The molecule has 126 valence electrons. The van der Waals surface area contributed by atoms with Crippen molar-refractivity contribution in [3.05, 3.63) is 40.1 Å². The van der Waals surface area contributed by atoms with Gasteiger partial charge < -0.3 is 14.2 Å². The molecule has 0 atom stereocenters. The van der Waals surface area contributed by atoms with Crippen molar-refractivity contribution in [3.63, 3.8) is 0 Å². The summed E-state index contributed by atoms with van der Waals surface area (Å²) < 4.78 is 19.6. The van der Waals surface area contributed by atoms with Crippen LogP contribution >= 0.6 is 15.9 Å². The molecule has 0 N–H and O–H groups in total. The summed E-state index contributed by atoms with van der Waals surface area (Å²) in [6, 6.07) is 5.90. The first-order valence-corrected chi connectivity index (χ1v) is 8.46. The van der Waals surface area contributed by atoms with Crippen LogP contribution in [-0.2, 0) is 16.0 Å². The SMILES string of the molecule is CCOC(OCC)c1cn(CCOc2cccc(Br)c2C)nn1. The molecule has 23 heavy (non-hydrogen) atoms. The number of halogens is 1. The summed E-state index contributed by atoms with van der Waals surface area (Å²) >= 11 is 3.50. The lowest BCUT2D eigenvalue weighted by Crippen LogP contribution is -2.10. The van der Waals surface area contributed by atoms with Crippen LogP contribution in [0.25, 0.3) is 0 Å². The fourth-order valence-electron chi connectivity index (χ4n) is 2.05. The van der Waals surface area contributed by atoms with Gasteiger partial charge >= 0.3 is 0 Å². The molecule has 0 unspecified atom stereocenters. The molecular weight excluding hydrogens is 362 g/mol. The van der Waals surface area contributed by atoms with Crippen molar-refractivity contribution < 1.29 is 14.2 Å². The number of nitrogens with zero attached hydrogens (tertiary/aromatic N) is 3. The van der Waals surface area contributed by atoms with Gasteiger partial charge in [0.05, 0.1) is 12.7 Å². The maximum absolute atomic E-state index is 5.81. The van der Waals surface area contributed by atoms with Crippen LogP contribution in [0, 0.1) is 6.92 Å². The van der Waals surface area contributed by atoms with Gasteiger partial charge in [-0.2, -0.15) is 0 Å². The van der Waals surface area contributed by atoms with Gasteiger partial charge in [-0.25, -0.2) is 4.68 Å². The molecule has 0 aliphatic rings. The van der Waals surface area contributed by atoms with Gasteiger partial charge in [-0.15, -0.1) is 5.10 Å². The van der Waals surface area contributed by atoms with E-state index in [1.165, 1.54) is 0 Å². The smallest absolute Gasteiger partial charge is 0.204 e. The second-order valence-corrected chi connectivity index (χ2v) is 5.71. The van der Waals surface area contributed by atoms with Crippen LogP contribution in [-0.4, -0.2) is 34.8 Å². The maximum atomic E-state index is 5.81. The van der Waals surface area contributed by atoms with Gasteiger partial charge in [-0.1, -0.05) is 27.2 Å². The largest absolute Gasteiger partial charge is 0.491 e. The standard InChI is InChI=1S/C16H22BrN3O3/c1-4-21-16(22-5-2)14-11-20(19-18-14)9-10-23-15-8-6-7-13(17)12(15)3/h6-8,11,16H,4-5,9-10H2,1-3H3. The highest BCUT2D eigenvalue weighted by Crippen LogP contribution is 2.25. The molecule has 1 heterocycles. The summed E-state index contributed by atoms with van der Waals surface area (Å²) in [6.45, 7) is 8.08. The molecule has 7 heteroatoms. The zero-order valence-electron chi connectivity index (χ0n) is 13.7. The highest BCUT2D eigenvalue weighted by molar-refractivity contribution is 9.10. The maximum Gasteiger partial charge on any atom is 0.204 e. The molecule has 1 aromatic carbocycles. The Morgan fingerprint density at radius 1 is 1.22 bits per heavy atom. The number of aromatic nitrogens is 3. The van der Waals surface area contributed by atoms with E-state index in [0.29, 0.717) is 32.1 Å². The highest BCUT2D eigenvalue weighted by atomic mass is 79.9. The van der Waals surface area contributed by atoms with Crippen molar-refractivity contribution in [1.82, 2.24) is 15.0 Å². The predicted octanol–water partition coefficient (Wildman–Crippen LogP) is 3.50. The molecule has 6 nitrogen and oxygen atoms in total. The molecule has 2 rings (SSSR count). The van der Waals surface area contributed by atoms with Crippen molar-refractivity contribution in [2.75, 3.05) is 19.8 Å². The zero-order valence-corrected chi connectivity index (χ0v) is 15.2. The van der Waals surface area contributed by atoms with Gasteiger partial charge in [0.25, 0.3) is 0 Å². The summed E-state index contributed by atoms with van der Waals surface area (Å²) in [5, 5.41) is 8.20. The molecule has 0 spiro atoms. The van der Waals surface area contributed by atoms with E-state index in [0.717, 1.165) is 15.8 Å². The van der Waals surface area contributed by atoms with E-state index in [9.17, 15) is 0 Å². The minimum Gasteiger partial charge on any atom is -0.491 e. The van der Waals surface area contributed by atoms with Crippen LogP contribution in [0.2, 0.25) is 0 Å². The Bertz CT molecular complexity index is 612. The summed E-state index contributed by atoms with van der Waals surface area (Å²) in [5.74, 6) is 0.862. The molecule has 0 saturated heterocycles. The third-order valence-electron chi connectivity index (χ3n) is 3.23. The third kappa shape index (κ3) is 5.02. The quantitative estimate of drug-likeness (QED) is 0.620. The van der Waals surface area contributed by atoms with Gasteiger partial charge in [0.2, 0.25) is 6.29 Å². The third-order valence-corrected chi connectivity index (χ3v) is 4.09. The van der Waals surface area contributed by atoms with Crippen molar-refractivity contribution in [3.8, 4) is 5.75 Å². The monoisotopic (exact) mass is 383 g/mol. The first-order valence-electron chi connectivity index (χ1n) is 7.66. The summed E-state index contributed by atoms with van der Waals surface area (Å²) in [6.07, 6.45) is 1.36. The minimum absolute atomic E-state index is 0.466. The summed E-state index contributed by atoms with van der Waals surface area (Å²) in [7, 11) is 0. The Labute approximate surface area is 144 Å². The average Bonchev–Trinajstić information content (AvgIpc) is 3.00. The topological polar surface area (TPSA) is 58.4 Å². The summed E-state index contributed by atoms with van der Waals surface area (Å²) in [5.41, 5.74) is 1.76. The molecule has 0 saturated carbocycles. The molecular formula is C16H22BrN3O3. The van der Waals surface area contributed by atoms with Crippen LogP contribution in [0.1, 0.15) is 31.4 Å². The Hall–Kier alpha value is -1.44. The zero-order chi connectivity index (χ0) is 16.7. The van der Waals surface area contributed by atoms with E-state index in [1.54, 1.807) is 4.68 Å². The fraction of sp³-hybridized carbons (Fsp3) is 0.500. The van der Waals surface area contributed by atoms with E-state index in [4.69, 9.17) is 14.2 Å². The normalized spacial score (nSPS) is 11.2. The first kappa shape index (κ1) is 17.9. The first-order chi connectivity index (χ1) is 11.2. The van der Waals surface area contributed by atoms with Crippen molar-refractivity contribution in [2.45, 2.75) is 33.6 Å². The van der Waals surface area contributed by atoms with E-state index in [-0.39, 0.29) is 0 Å². The molecule has 0 fully saturated rings. The number of hydrogen-bond donors (Lipinski definition) is 0. The van der Waals surface area contributed by atoms with Crippen LogP contribution in [0.15, 0.2) is 28.9 Å². The predicted molar refractivity (Wildman–Crippen MR) is 90.4 cm³/mol. The van der Waals surface area contributed by atoms with Crippen LogP contribution in [0.5, 0.6) is 5.75 Å². The van der Waals surface area contributed by atoms with Gasteiger partial charge in [0, 0.05) is 23.2 Å². The summed E-state index contributed by atoms with van der Waals surface area (Å²) in [4.78, 5) is 0. The average molecular weight is 384 g/mol. The lowest BCUT2D eigenvalue weighted by molar-refractivity contribution is -0.142. The molecule has 0 amide bonds. The fourth-order valence-corrected chi connectivity index (χ4v) is 2.39. The number of ether oxygens (including phenoxy) is 3. The van der Waals surface area contributed by atoms with E-state index in [1.807, 2.05) is 45.2 Å². The minimum atomic E-state index is -0.466.